The fraction of sp³-hybridized carbons (Fsp3) is 0.375. The van der Waals surface area contributed by atoms with Crippen molar-refractivity contribution in [3.63, 3.8) is 0 Å². The molecule has 1 fully saturated rings. The van der Waals surface area contributed by atoms with Crippen molar-refractivity contribution in [2.75, 3.05) is 5.32 Å². The fourth-order valence-electron chi connectivity index (χ4n) is 3.00. The number of carbonyl (C=O) groups excluding carboxylic acids is 1. The summed E-state index contributed by atoms with van der Waals surface area (Å²) in [7, 11) is 0. The van der Waals surface area contributed by atoms with Crippen molar-refractivity contribution in [3.05, 3.63) is 24.1 Å². The lowest BCUT2D eigenvalue weighted by Gasteiger charge is -2.08. The van der Waals surface area contributed by atoms with Gasteiger partial charge in [0.25, 0.3) is 5.89 Å². The van der Waals surface area contributed by atoms with Gasteiger partial charge >= 0.3 is 5.97 Å². The molecule has 3 rings (SSSR count). The number of nitrogens with zero attached hydrogens (tertiary/aromatic N) is 2. The van der Waals surface area contributed by atoms with E-state index in [2.05, 4.69) is 15.5 Å². The van der Waals surface area contributed by atoms with Crippen molar-refractivity contribution in [3.8, 4) is 17.2 Å². The Balaban J connectivity index is 1.82. The topological polar surface area (TPSA) is 126 Å². The van der Waals surface area contributed by atoms with E-state index in [1.165, 1.54) is 18.2 Å². The zero-order chi connectivity index (χ0) is 17.6. The van der Waals surface area contributed by atoms with Crippen LogP contribution in [-0.4, -0.2) is 32.3 Å². The van der Waals surface area contributed by atoms with Crippen molar-refractivity contribution >= 4 is 17.6 Å². The molecule has 0 unspecified atom stereocenters. The predicted octanol–water partition coefficient (Wildman–Crippen LogP) is 2.05. The average molecular weight is 331 g/mol. The molecule has 1 heterocycles. The van der Waals surface area contributed by atoms with E-state index < -0.39 is 23.2 Å². The van der Waals surface area contributed by atoms with Crippen molar-refractivity contribution in [1.29, 1.82) is 0 Å². The van der Waals surface area contributed by atoms with E-state index in [0.717, 1.165) is 0 Å². The van der Waals surface area contributed by atoms with E-state index in [4.69, 9.17) is 9.52 Å². The molecule has 24 heavy (non-hydrogen) atoms. The minimum Gasteiger partial charge on any atom is -0.507 e. The highest BCUT2D eigenvalue weighted by molar-refractivity contribution is 6.00. The Morgan fingerprint density at radius 1 is 1.25 bits per heavy atom. The summed E-state index contributed by atoms with van der Waals surface area (Å²) in [6.07, 6.45) is 0. The van der Waals surface area contributed by atoms with Gasteiger partial charge in [-0.2, -0.15) is 0 Å². The van der Waals surface area contributed by atoms with Crippen LogP contribution in [0.3, 0.4) is 0 Å². The predicted molar refractivity (Wildman–Crippen MR) is 83.2 cm³/mol. The lowest BCUT2D eigenvalue weighted by molar-refractivity contribution is -0.140. The van der Waals surface area contributed by atoms with Gasteiger partial charge in [0, 0.05) is 12.6 Å². The van der Waals surface area contributed by atoms with E-state index in [-0.39, 0.29) is 17.5 Å². The number of aromatic nitrogens is 2. The summed E-state index contributed by atoms with van der Waals surface area (Å²) in [4.78, 5) is 23.5. The van der Waals surface area contributed by atoms with Crippen molar-refractivity contribution in [2.24, 2.45) is 17.3 Å². The van der Waals surface area contributed by atoms with E-state index >= 15 is 0 Å². The average Bonchev–Trinajstić information content (AvgIpc) is 2.84. The second-order valence-electron chi connectivity index (χ2n) is 6.46. The molecule has 0 radical (unpaired) electrons. The van der Waals surface area contributed by atoms with Gasteiger partial charge in [-0.3, -0.25) is 9.59 Å². The Morgan fingerprint density at radius 2 is 1.96 bits per heavy atom. The highest BCUT2D eigenvalue weighted by Crippen LogP contribution is 2.58. The SMILES string of the molecule is Cc1nnc(-c2cc(NC(=O)[C@@H]3[C@@H](C(=O)O)C3(C)C)ccc2O)o1. The number of carboxylic acids is 1. The van der Waals surface area contributed by atoms with E-state index in [1.54, 1.807) is 20.8 Å². The van der Waals surface area contributed by atoms with Gasteiger partial charge in [-0.05, 0) is 23.6 Å². The highest BCUT2D eigenvalue weighted by atomic mass is 16.4. The third-order valence-corrected chi connectivity index (χ3v) is 4.40. The molecule has 1 aliphatic carbocycles. The summed E-state index contributed by atoms with van der Waals surface area (Å²) >= 11 is 0. The summed E-state index contributed by atoms with van der Waals surface area (Å²) in [6, 6.07) is 4.42. The van der Waals surface area contributed by atoms with Crippen LogP contribution in [0.1, 0.15) is 19.7 Å². The first kappa shape index (κ1) is 16.0. The molecule has 1 amide bonds. The second-order valence-corrected chi connectivity index (χ2v) is 6.46. The van der Waals surface area contributed by atoms with E-state index in [0.29, 0.717) is 17.1 Å². The Bertz CT molecular complexity index is 827. The van der Waals surface area contributed by atoms with E-state index in [9.17, 15) is 14.7 Å². The standard InChI is InChI=1S/C16H17N3O5/c1-7-18-19-14(24-7)9-6-8(4-5-10(9)20)17-13(21)11-12(15(22)23)16(11,2)3/h4-6,11-12,20H,1-3H3,(H,17,21)(H,22,23)/t11-,12-/m0/s1. The van der Waals surface area contributed by atoms with Crippen LogP contribution in [0.5, 0.6) is 5.75 Å². The Labute approximate surface area is 137 Å². The molecule has 0 aliphatic heterocycles. The molecular formula is C16H17N3O5. The van der Waals surface area contributed by atoms with Gasteiger partial charge in [0.15, 0.2) is 0 Å². The molecule has 0 bridgehead atoms. The maximum atomic E-state index is 12.4. The van der Waals surface area contributed by atoms with Crippen LogP contribution in [0.2, 0.25) is 0 Å². The summed E-state index contributed by atoms with van der Waals surface area (Å²) in [5.74, 6) is -2.23. The molecule has 1 aromatic carbocycles. The molecule has 1 aliphatic rings. The third kappa shape index (κ3) is 2.60. The summed E-state index contributed by atoms with van der Waals surface area (Å²) in [6.45, 7) is 5.12. The van der Waals surface area contributed by atoms with Gasteiger partial charge < -0.3 is 19.9 Å². The minimum absolute atomic E-state index is 0.0631. The highest BCUT2D eigenvalue weighted by Gasteiger charge is 2.65. The van der Waals surface area contributed by atoms with Gasteiger partial charge in [0.2, 0.25) is 11.8 Å². The van der Waals surface area contributed by atoms with Gasteiger partial charge in [0.1, 0.15) is 5.75 Å². The number of phenolic OH excluding ortho intramolecular Hbond substituents is 1. The van der Waals surface area contributed by atoms with Crippen LogP contribution in [0, 0.1) is 24.2 Å². The largest absolute Gasteiger partial charge is 0.507 e. The number of carbonyl (C=O) groups is 2. The molecule has 2 aromatic rings. The maximum Gasteiger partial charge on any atom is 0.307 e. The number of nitrogens with one attached hydrogen (secondary N) is 1. The van der Waals surface area contributed by atoms with Crippen LogP contribution in [-0.2, 0) is 9.59 Å². The smallest absolute Gasteiger partial charge is 0.307 e. The molecule has 126 valence electrons. The molecule has 3 N–H and O–H groups in total. The number of aryl methyl sites for hydroxylation is 1. The van der Waals surface area contributed by atoms with Crippen LogP contribution >= 0.6 is 0 Å². The number of anilines is 1. The first-order chi connectivity index (χ1) is 11.2. The van der Waals surface area contributed by atoms with Crippen LogP contribution in [0.25, 0.3) is 11.5 Å². The monoisotopic (exact) mass is 331 g/mol. The number of benzene rings is 1. The van der Waals surface area contributed by atoms with Crippen LogP contribution in [0.15, 0.2) is 22.6 Å². The molecule has 8 heteroatoms. The number of amides is 1. The fourth-order valence-corrected chi connectivity index (χ4v) is 3.00. The number of phenols is 1. The van der Waals surface area contributed by atoms with E-state index in [1.807, 2.05) is 0 Å². The summed E-state index contributed by atoms with van der Waals surface area (Å²) in [5.41, 5.74) is 0.118. The maximum absolute atomic E-state index is 12.4. The molecule has 0 saturated heterocycles. The quantitative estimate of drug-likeness (QED) is 0.732. The first-order valence-corrected chi connectivity index (χ1v) is 7.39. The Kier molecular flexibility index (Phi) is 3.55. The molecular weight excluding hydrogens is 314 g/mol. The van der Waals surface area contributed by atoms with Gasteiger partial charge in [-0.1, -0.05) is 13.8 Å². The number of hydrogen-bond acceptors (Lipinski definition) is 6. The van der Waals surface area contributed by atoms with Gasteiger partial charge in [-0.15, -0.1) is 10.2 Å². The lowest BCUT2D eigenvalue weighted by Crippen LogP contribution is -2.17. The van der Waals surface area contributed by atoms with Crippen LogP contribution in [0.4, 0.5) is 5.69 Å². The second kappa shape index (κ2) is 5.33. The number of carboxylic acid groups (broad SMARTS) is 1. The number of aromatic hydroxyl groups is 1. The van der Waals surface area contributed by atoms with Crippen molar-refractivity contribution < 1.29 is 24.2 Å². The molecule has 2 atom stereocenters. The Hall–Kier alpha value is -2.90. The number of aliphatic carboxylic acids is 1. The van der Waals surface area contributed by atoms with Crippen molar-refractivity contribution in [2.45, 2.75) is 20.8 Å². The molecule has 8 nitrogen and oxygen atoms in total. The number of hydrogen-bond donors (Lipinski definition) is 3. The van der Waals surface area contributed by atoms with Crippen molar-refractivity contribution in [1.82, 2.24) is 10.2 Å². The zero-order valence-electron chi connectivity index (χ0n) is 13.4. The Morgan fingerprint density at radius 3 is 2.50 bits per heavy atom. The first-order valence-electron chi connectivity index (χ1n) is 7.39. The van der Waals surface area contributed by atoms with Gasteiger partial charge in [0.05, 0.1) is 17.4 Å². The summed E-state index contributed by atoms with van der Waals surface area (Å²) < 4.78 is 5.28. The lowest BCUT2D eigenvalue weighted by atomic mass is 10.1. The molecule has 1 aromatic heterocycles. The minimum atomic E-state index is -0.979. The summed E-state index contributed by atoms with van der Waals surface area (Å²) in [5, 5.41) is 29.3. The molecule has 0 spiro atoms. The van der Waals surface area contributed by atoms with Gasteiger partial charge in [-0.25, -0.2) is 0 Å². The zero-order valence-corrected chi connectivity index (χ0v) is 13.4. The molecule has 1 saturated carbocycles. The van der Waals surface area contributed by atoms with Crippen LogP contribution < -0.4 is 5.32 Å². The normalized spacial score (nSPS) is 21.3. The number of rotatable bonds is 4. The third-order valence-electron chi connectivity index (χ3n) is 4.40.